The molecule has 2 rings (SSSR count). The van der Waals surface area contributed by atoms with Gasteiger partial charge in [0.25, 0.3) is 0 Å². The maximum atomic E-state index is 11.2. The molecule has 18 heavy (non-hydrogen) atoms. The zero-order chi connectivity index (χ0) is 13.0. The van der Waals surface area contributed by atoms with E-state index < -0.39 is 10.8 Å². The Balaban J connectivity index is 2.09. The van der Waals surface area contributed by atoms with Crippen molar-refractivity contribution in [2.45, 2.75) is 18.9 Å². The molecule has 4 nitrogen and oxygen atoms in total. The summed E-state index contributed by atoms with van der Waals surface area (Å²) in [5.74, 6) is 1.47. The summed E-state index contributed by atoms with van der Waals surface area (Å²) in [6.07, 6.45) is 1.77. The third-order valence-corrected chi connectivity index (χ3v) is 4.40. The van der Waals surface area contributed by atoms with Crippen molar-refractivity contribution < 1.29 is 4.21 Å². The van der Waals surface area contributed by atoms with Gasteiger partial charge in [0.05, 0.1) is 11.1 Å². The van der Waals surface area contributed by atoms with Crippen molar-refractivity contribution in [1.29, 1.82) is 10.5 Å². The van der Waals surface area contributed by atoms with Crippen LogP contribution in [0.4, 0.5) is 5.69 Å². The Morgan fingerprint density at radius 2 is 1.83 bits per heavy atom. The maximum Gasteiger partial charge on any atom is 0.101 e. The third-order valence-electron chi connectivity index (χ3n) is 3.02. The molecule has 1 aromatic carbocycles. The van der Waals surface area contributed by atoms with Crippen molar-refractivity contribution in [1.82, 2.24) is 0 Å². The van der Waals surface area contributed by atoms with E-state index in [1.54, 1.807) is 12.1 Å². The summed E-state index contributed by atoms with van der Waals surface area (Å²) < 4.78 is 11.2. The molecule has 0 atom stereocenters. The average molecular weight is 259 g/mol. The number of hydrogen-bond donors (Lipinski definition) is 1. The lowest BCUT2D eigenvalue weighted by Crippen LogP contribution is -2.29. The zero-order valence-electron chi connectivity index (χ0n) is 9.85. The minimum absolute atomic E-state index is 0.308. The quantitative estimate of drug-likeness (QED) is 0.877. The van der Waals surface area contributed by atoms with Crippen molar-refractivity contribution in [2.24, 2.45) is 0 Å². The molecular weight excluding hydrogens is 246 g/mol. The first kappa shape index (κ1) is 12.6. The molecule has 0 aromatic heterocycles. The Bertz CT molecular complexity index is 546. The molecule has 0 radical (unpaired) electrons. The van der Waals surface area contributed by atoms with Gasteiger partial charge in [0, 0.05) is 34.0 Å². The van der Waals surface area contributed by atoms with E-state index in [1.165, 1.54) is 0 Å². The lowest BCUT2D eigenvalue weighted by atomic mass is 10.1. The fourth-order valence-corrected chi connectivity index (χ4v) is 3.30. The Kier molecular flexibility index (Phi) is 3.96. The number of rotatable bonds is 2. The first-order valence-corrected chi connectivity index (χ1v) is 7.27. The van der Waals surface area contributed by atoms with Gasteiger partial charge in [-0.05, 0) is 31.0 Å². The molecule has 92 valence electrons. The molecule has 0 spiro atoms. The van der Waals surface area contributed by atoms with E-state index in [0.717, 1.165) is 30.0 Å². The number of nitrogens with zero attached hydrogens (tertiary/aromatic N) is 2. The molecule has 0 aliphatic carbocycles. The lowest BCUT2D eigenvalue weighted by Gasteiger charge is -2.23. The smallest absolute Gasteiger partial charge is 0.101 e. The normalized spacial score (nSPS) is 22.8. The Hall–Kier alpha value is -1.85. The van der Waals surface area contributed by atoms with E-state index in [0.29, 0.717) is 17.2 Å². The van der Waals surface area contributed by atoms with Gasteiger partial charge in [-0.25, -0.2) is 0 Å². The van der Waals surface area contributed by atoms with Crippen LogP contribution in [0.3, 0.4) is 0 Å². The minimum Gasteiger partial charge on any atom is -0.382 e. The van der Waals surface area contributed by atoms with E-state index in [4.69, 9.17) is 10.5 Å². The van der Waals surface area contributed by atoms with Crippen molar-refractivity contribution in [3.8, 4) is 12.1 Å². The highest BCUT2D eigenvalue weighted by molar-refractivity contribution is 7.85. The average Bonchev–Trinajstić information content (AvgIpc) is 2.41. The van der Waals surface area contributed by atoms with Crippen LogP contribution < -0.4 is 5.32 Å². The molecule has 1 saturated heterocycles. The first-order valence-electron chi connectivity index (χ1n) is 5.78. The summed E-state index contributed by atoms with van der Waals surface area (Å²) in [4.78, 5) is 0. The van der Waals surface area contributed by atoms with Gasteiger partial charge >= 0.3 is 0 Å². The number of anilines is 1. The minimum atomic E-state index is -0.665. The van der Waals surface area contributed by atoms with Crippen molar-refractivity contribution >= 4 is 16.5 Å². The van der Waals surface area contributed by atoms with Crippen LogP contribution in [0.15, 0.2) is 18.2 Å². The number of hydrogen-bond acceptors (Lipinski definition) is 4. The molecular formula is C13H13N3OS. The van der Waals surface area contributed by atoms with Crippen molar-refractivity contribution in [2.75, 3.05) is 16.8 Å². The van der Waals surface area contributed by atoms with E-state index in [1.807, 2.05) is 18.2 Å². The highest BCUT2D eigenvalue weighted by atomic mass is 32.2. The molecule has 0 unspecified atom stereocenters. The van der Waals surface area contributed by atoms with Crippen LogP contribution in [0.5, 0.6) is 0 Å². The third kappa shape index (κ3) is 2.88. The fraction of sp³-hybridized carbons (Fsp3) is 0.385. The second-order valence-electron chi connectivity index (χ2n) is 4.25. The Labute approximate surface area is 109 Å². The Morgan fingerprint density at radius 3 is 2.44 bits per heavy atom. The van der Waals surface area contributed by atoms with Crippen molar-refractivity contribution in [3.63, 3.8) is 0 Å². The molecule has 5 heteroatoms. The van der Waals surface area contributed by atoms with Gasteiger partial charge in [-0.3, -0.25) is 4.21 Å². The highest BCUT2D eigenvalue weighted by Gasteiger charge is 2.17. The monoisotopic (exact) mass is 259 g/mol. The van der Waals surface area contributed by atoms with Crippen LogP contribution in [-0.2, 0) is 10.8 Å². The number of nitrogens with one attached hydrogen (secondary N) is 1. The summed E-state index contributed by atoms with van der Waals surface area (Å²) in [7, 11) is -0.665. The zero-order valence-corrected chi connectivity index (χ0v) is 10.7. The van der Waals surface area contributed by atoms with Gasteiger partial charge in [-0.15, -0.1) is 0 Å². The van der Waals surface area contributed by atoms with Crippen LogP contribution in [-0.4, -0.2) is 21.8 Å². The summed E-state index contributed by atoms with van der Waals surface area (Å²) in [5, 5.41) is 21.1. The van der Waals surface area contributed by atoms with Crippen LogP contribution in [0.25, 0.3) is 0 Å². The molecule has 0 bridgehead atoms. The van der Waals surface area contributed by atoms with Gasteiger partial charge < -0.3 is 5.32 Å². The first-order chi connectivity index (χ1) is 8.72. The summed E-state index contributed by atoms with van der Waals surface area (Å²) in [5.41, 5.74) is 1.64. The molecule has 0 saturated carbocycles. The summed E-state index contributed by atoms with van der Waals surface area (Å²) in [6.45, 7) is 0. The second-order valence-corrected chi connectivity index (χ2v) is 5.95. The Morgan fingerprint density at radius 1 is 1.17 bits per heavy atom. The summed E-state index contributed by atoms with van der Waals surface area (Å²) >= 11 is 0. The molecule has 1 aliphatic heterocycles. The lowest BCUT2D eigenvalue weighted by molar-refractivity contribution is 0.624. The van der Waals surface area contributed by atoms with Crippen LogP contribution in [0, 0.1) is 22.7 Å². The SMILES string of the molecule is N#Cc1ccc(NC2CCS(=O)CC2)cc1C#N. The number of nitriles is 2. The molecule has 1 aliphatic rings. The predicted octanol–water partition coefficient (Wildman–Crippen LogP) is 1.75. The van der Waals surface area contributed by atoms with Crippen molar-refractivity contribution in [3.05, 3.63) is 29.3 Å². The van der Waals surface area contributed by atoms with Gasteiger partial charge in [0.1, 0.15) is 12.1 Å². The molecule has 1 heterocycles. The maximum absolute atomic E-state index is 11.2. The fourth-order valence-electron chi connectivity index (χ4n) is 2.00. The second kappa shape index (κ2) is 5.66. The molecule has 1 fully saturated rings. The molecule has 0 amide bonds. The van der Waals surface area contributed by atoms with Gasteiger partial charge in [0.2, 0.25) is 0 Å². The van der Waals surface area contributed by atoms with Gasteiger partial charge in [-0.2, -0.15) is 10.5 Å². The van der Waals surface area contributed by atoms with E-state index in [2.05, 4.69) is 5.32 Å². The highest BCUT2D eigenvalue weighted by Crippen LogP contribution is 2.19. The van der Waals surface area contributed by atoms with Crippen LogP contribution in [0.1, 0.15) is 24.0 Å². The van der Waals surface area contributed by atoms with Crippen LogP contribution in [0.2, 0.25) is 0 Å². The van der Waals surface area contributed by atoms with E-state index in [-0.39, 0.29) is 0 Å². The standard InChI is InChI=1S/C13H13N3OS/c14-8-10-1-2-13(7-11(10)9-15)16-12-3-5-18(17)6-4-12/h1-2,7,12,16H,3-6H2. The summed E-state index contributed by atoms with van der Waals surface area (Å²) in [6, 6.07) is 9.48. The number of benzene rings is 1. The van der Waals surface area contributed by atoms with Crippen LogP contribution >= 0.6 is 0 Å². The molecule has 1 aromatic rings. The largest absolute Gasteiger partial charge is 0.382 e. The van der Waals surface area contributed by atoms with Gasteiger partial charge in [0.15, 0.2) is 0 Å². The van der Waals surface area contributed by atoms with E-state index in [9.17, 15) is 4.21 Å². The topological polar surface area (TPSA) is 76.7 Å². The van der Waals surface area contributed by atoms with Gasteiger partial charge in [-0.1, -0.05) is 0 Å². The predicted molar refractivity (Wildman–Crippen MR) is 70.4 cm³/mol. The van der Waals surface area contributed by atoms with E-state index >= 15 is 0 Å². The molecule has 1 N–H and O–H groups in total.